The molecule has 2 aliphatic carbocycles. The highest BCUT2D eigenvalue weighted by Crippen LogP contribution is 2.60. The Morgan fingerprint density at radius 1 is 1.26 bits per heavy atom. The molecule has 0 saturated heterocycles. The first kappa shape index (κ1) is 20.9. The molecule has 0 radical (unpaired) electrons. The number of Topliss-reactive ketones (excluding diaryl/α,β-unsaturated/α-hetero) is 1. The monoisotopic (exact) mass is 479 g/mol. The number of rotatable bonds is 3. The van der Waals surface area contributed by atoms with Gasteiger partial charge in [-0.25, -0.2) is 4.99 Å². The zero-order valence-corrected chi connectivity index (χ0v) is 20.3. The number of carbonyl (C=O) groups excluding carboxylic acids is 1. The van der Waals surface area contributed by atoms with Gasteiger partial charge in [-0.3, -0.25) is 4.79 Å². The SMILES string of the molecule is Cc1cc2c3c(c1Br)O[C@H](Cc1ccccc1)N=C3C(=O)C[C@]1(C)CCC(C(C)C)[C@H]21. The summed E-state index contributed by atoms with van der Waals surface area (Å²) >= 11 is 3.78. The number of benzene rings is 2. The average Bonchev–Trinajstić information content (AvgIpc) is 3.04. The summed E-state index contributed by atoms with van der Waals surface area (Å²) in [7, 11) is 0. The van der Waals surface area contributed by atoms with Crippen molar-refractivity contribution in [1.29, 1.82) is 0 Å². The largest absolute Gasteiger partial charge is 0.466 e. The Balaban J connectivity index is 1.68. The number of aryl methyl sites for hydroxylation is 1. The van der Waals surface area contributed by atoms with Crippen molar-refractivity contribution in [2.24, 2.45) is 22.2 Å². The zero-order valence-electron chi connectivity index (χ0n) is 18.7. The van der Waals surface area contributed by atoms with E-state index in [-0.39, 0.29) is 17.4 Å². The first-order chi connectivity index (χ1) is 14.8. The van der Waals surface area contributed by atoms with Gasteiger partial charge in [0.05, 0.1) is 10.0 Å². The van der Waals surface area contributed by atoms with E-state index in [0.717, 1.165) is 27.8 Å². The Bertz CT molecular complexity index is 1070. The zero-order chi connectivity index (χ0) is 21.9. The van der Waals surface area contributed by atoms with Gasteiger partial charge in [0, 0.05) is 12.8 Å². The maximum Gasteiger partial charge on any atom is 0.194 e. The van der Waals surface area contributed by atoms with E-state index in [9.17, 15) is 4.79 Å². The number of carbonyl (C=O) groups is 1. The topological polar surface area (TPSA) is 38.7 Å². The maximum atomic E-state index is 13.6. The second-order valence-corrected chi connectivity index (χ2v) is 11.0. The minimum atomic E-state index is -0.383. The van der Waals surface area contributed by atoms with Gasteiger partial charge < -0.3 is 4.74 Å². The Morgan fingerprint density at radius 2 is 2.00 bits per heavy atom. The van der Waals surface area contributed by atoms with Gasteiger partial charge >= 0.3 is 0 Å². The summed E-state index contributed by atoms with van der Waals surface area (Å²) in [6.45, 7) is 9.10. The number of fused-ring (bicyclic) bond motifs is 2. The summed E-state index contributed by atoms with van der Waals surface area (Å²) in [6, 6.07) is 12.5. The summed E-state index contributed by atoms with van der Waals surface area (Å²) in [4.78, 5) is 18.5. The summed E-state index contributed by atoms with van der Waals surface area (Å²) in [5, 5.41) is 0. The van der Waals surface area contributed by atoms with Crippen LogP contribution in [0.2, 0.25) is 0 Å². The molecule has 0 aromatic heterocycles. The molecule has 162 valence electrons. The first-order valence-electron chi connectivity index (χ1n) is 11.4. The molecule has 1 unspecified atom stereocenters. The summed E-state index contributed by atoms with van der Waals surface area (Å²) in [5.74, 6) is 2.50. The Labute approximate surface area is 193 Å². The molecule has 4 atom stereocenters. The normalized spacial score (nSPS) is 29.2. The van der Waals surface area contributed by atoms with Crippen molar-refractivity contribution in [2.75, 3.05) is 0 Å². The second-order valence-electron chi connectivity index (χ2n) is 10.2. The molecule has 31 heavy (non-hydrogen) atoms. The molecule has 2 aromatic rings. The van der Waals surface area contributed by atoms with Crippen molar-refractivity contribution in [3.8, 4) is 5.75 Å². The molecule has 1 saturated carbocycles. The van der Waals surface area contributed by atoms with Gasteiger partial charge in [0.25, 0.3) is 0 Å². The van der Waals surface area contributed by atoms with Gasteiger partial charge in [0.2, 0.25) is 0 Å². The number of hydrogen-bond donors (Lipinski definition) is 0. The third kappa shape index (κ3) is 3.38. The van der Waals surface area contributed by atoms with Crippen LogP contribution in [0.25, 0.3) is 0 Å². The van der Waals surface area contributed by atoms with E-state index >= 15 is 0 Å². The molecule has 1 fully saturated rings. The van der Waals surface area contributed by atoms with E-state index in [1.165, 1.54) is 17.5 Å². The van der Waals surface area contributed by atoms with E-state index in [4.69, 9.17) is 9.73 Å². The molecular formula is C27H30BrNO2. The van der Waals surface area contributed by atoms with Crippen LogP contribution < -0.4 is 4.74 Å². The predicted molar refractivity (Wildman–Crippen MR) is 128 cm³/mol. The van der Waals surface area contributed by atoms with Crippen molar-refractivity contribution >= 4 is 27.4 Å². The van der Waals surface area contributed by atoms with Crippen LogP contribution in [0, 0.1) is 24.2 Å². The maximum absolute atomic E-state index is 13.6. The number of nitrogens with zero attached hydrogens (tertiary/aromatic N) is 1. The second kappa shape index (κ2) is 7.58. The molecular weight excluding hydrogens is 450 g/mol. The fraction of sp³-hybridized carbons (Fsp3) is 0.481. The first-order valence-corrected chi connectivity index (χ1v) is 12.2. The molecule has 1 heterocycles. The Kier molecular flexibility index (Phi) is 5.12. The fourth-order valence-electron chi connectivity index (χ4n) is 6.18. The highest BCUT2D eigenvalue weighted by Gasteiger charge is 2.52. The minimum Gasteiger partial charge on any atom is -0.466 e. The molecule has 3 nitrogen and oxygen atoms in total. The number of ether oxygens (including phenoxy) is 1. The smallest absolute Gasteiger partial charge is 0.194 e. The van der Waals surface area contributed by atoms with Crippen molar-refractivity contribution < 1.29 is 9.53 Å². The lowest BCUT2D eigenvalue weighted by molar-refractivity contribution is -0.115. The van der Waals surface area contributed by atoms with Crippen LogP contribution in [0.4, 0.5) is 0 Å². The van der Waals surface area contributed by atoms with Gasteiger partial charge in [-0.1, -0.05) is 57.2 Å². The van der Waals surface area contributed by atoms with Crippen LogP contribution in [0.5, 0.6) is 5.75 Å². The molecule has 2 aromatic carbocycles. The summed E-state index contributed by atoms with van der Waals surface area (Å²) < 4.78 is 7.44. The van der Waals surface area contributed by atoms with E-state index in [1.54, 1.807) is 0 Å². The number of halogens is 1. The molecule has 5 rings (SSSR count). The van der Waals surface area contributed by atoms with Gasteiger partial charge in [-0.15, -0.1) is 0 Å². The van der Waals surface area contributed by atoms with Crippen molar-refractivity contribution in [1.82, 2.24) is 0 Å². The van der Waals surface area contributed by atoms with Gasteiger partial charge in [-0.2, -0.15) is 0 Å². The molecule has 0 bridgehead atoms. The quantitative estimate of drug-likeness (QED) is 0.494. The van der Waals surface area contributed by atoms with Crippen LogP contribution >= 0.6 is 15.9 Å². The van der Waals surface area contributed by atoms with Gasteiger partial charge in [0.15, 0.2) is 12.0 Å². The lowest BCUT2D eigenvalue weighted by Crippen LogP contribution is -2.30. The van der Waals surface area contributed by atoms with E-state index in [2.05, 4.69) is 61.8 Å². The average molecular weight is 480 g/mol. The number of aliphatic imine (C=N–C) groups is 1. The standard InChI is InChI=1S/C27H30BrNO2/c1-15(2)18-10-11-27(4)14-20(30)25-22-19(23(18)27)12-16(3)24(28)26(22)31-21(29-25)13-17-8-6-5-7-9-17/h5-9,12,15,18,21,23H,10-11,13-14H2,1-4H3/t18?,21-,23-,27+/m1/s1. The summed E-state index contributed by atoms with van der Waals surface area (Å²) in [5.41, 5.74) is 5.17. The molecule has 4 heteroatoms. The minimum absolute atomic E-state index is 0.0190. The highest BCUT2D eigenvalue weighted by molar-refractivity contribution is 9.10. The lowest BCUT2D eigenvalue weighted by Gasteiger charge is -2.35. The highest BCUT2D eigenvalue weighted by atomic mass is 79.9. The van der Waals surface area contributed by atoms with Crippen LogP contribution in [0.15, 0.2) is 45.9 Å². The molecule has 0 N–H and O–H groups in total. The number of ketones is 1. The Morgan fingerprint density at radius 3 is 2.71 bits per heavy atom. The van der Waals surface area contributed by atoms with Crippen molar-refractivity contribution in [3.63, 3.8) is 0 Å². The molecule has 0 amide bonds. The number of hydrogen-bond acceptors (Lipinski definition) is 3. The van der Waals surface area contributed by atoms with Crippen LogP contribution in [-0.2, 0) is 11.2 Å². The lowest BCUT2D eigenvalue weighted by atomic mass is 9.69. The predicted octanol–water partition coefficient (Wildman–Crippen LogP) is 6.64. The van der Waals surface area contributed by atoms with Gasteiger partial charge in [-0.05, 0) is 75.6 Å². The van der Waals surface area contributed by atoms with Crippen LogP contribution in [0.1, 0.15) is 68.2 Å². The van der Waals surface area contributed by atoms with Crippen LogP contribution in [-0.4, -0.2) is 17.7 Å². The van der Waals surface area contributed by atoms with Crippen LogP contribution in [0.3, 0.4) is 0 Å². The molecule has 3 aliphatic rings. The molecule has 1 aliphatic heterocycles. The Hall–Kier alpha value is -1.94. The fourth-order valence-corrected chi connectivity index (χ4v) is 6.59. The molecule has 0 spiro atoms. The van der Waals surface area contributed by atoms with E-state index in [1.807, 2.05) is 18.2 Å². The third-order valence-electron chi connectivity index (χ3n) is 7.70. The van der Waals surface area contributed by atoms with E-state index < -0.39 is 0 Å². The van der Waals surface area contributed by atoms with Gasteiger partial charge in [0.1, 0.15) is 11.5 Å². The third-order valence-corrected chi connectivity index (χ3v) is 8.68. The van der Waals surface area contributed by atoms with E-state index in [0.29, 0.717) is 36.3 Å². The van der Waals surface area contributed by atoms with Crippen molar-refractivity contribution in [2.45, 2.75) is 65.5 Å². The van der Waals surface area contributed by atoms with Crippen molar-refractivity contribution in [3.05, 3.63) is 63.1 Å². The summed E-state index contributed by atoms with van der Waals surface area (Å²) in [6.07, 6.45) is 3.12.